The van der Waals surface area contributed by atoms with Crippen LogP contribution in [0.15, 0.2) is 60.8 Å². The van der Waals surface area contributed by atoms with E-state index in [2.05, 4.69) is 4.98 Å². The average Bonchev–Trinajstić information content (AvgIpc) is 2.77. The highest BCUT2D eigenvalue weighted by atomic mass is 19.1. The fourth-order valence-corrected chi connectivity index (χ4v) is 3.15. The summed E-state index contributed by atoms with van der Waals surface area (Å²) in [6, 6.07) is 15.2. The van der Waals surface area contributed by atoms with E-state index in [4.69, 9.17) is 0 Å². The Morgan fingerprint density at radius 3 is 2.33 bits per heavy atom. The van der Waals surface area contributed by atoms with Gasteiger partial charge in [-0.1, -0.05) is 31.2 Å². The van der Waals surface area contributed by atoms with E-state index >= 15 is 0 Å². The fourth-order valence-electron chi connectivity index (χ4n) is 3.15. The Hall–Kier alpha value is -3.54. The predicted molar refractivity (Wildman–Crippen MR) is 114 cm³/mol. The lowest BCUT2D eigenvalue weighted by molar-refractivity contribution is -0.118. The summed E-state index contributed by atoms with van der Waals surface area (Å²) < 4.78 is 12.9. The first-order chi connectivity index (χ1) is 14.4. The number of hydrogen-bond donors (Lipinski definition) is 1. The number of phenols is 1. The van der Waals surface area contributed by atoms with Crippen LogP contribution in [0.4, 0.5) is 10.1 Å². The SMILES string of the molecule is CCC(=O)N(C)c1ccc(-c2ccc(C(=O)CCc3ccc(F)nc3)c(O)c2)cc1. The first-order valence-corrected chi connectivity index (χ1v) is 9.72. The zero-order valence-electron chi connectivity index (χ0n) is 16.9. The van der Waals surface area contributed by atoms with Crippen LogP contribution in [0.25, 0.3) is 11.1 Å². The van der Waals surface area contributed by atoms with Crippen molar-refractivity contribution in [3.05, 3.63) is 77.9 Å². The maximum atomic E-state index is 12.9. The molecule has 0 atom stereocenters. The Bertz CT molecular complexity index is 1050. The number of rotatable bonds is 7. The first-order valence-electron chi connectivity index (χ1n) is 9.72. The van der Waals surface area contributed by atoms with Crippen molar-refractivity contribution < 1.29 is 19.1 Å². The number of Topliss-reactive ketones (excluding diaryl/α,β-unsaturated/α-hetero) is 1. The summed E-state index contributed by atoms with van der Waals surface area (Å²) in [5.41, 5.74) is 3.42. The van der Waals surface area contributed by atoms with E-state index in [1.54, 1.807) is 36.2 Å². The second kappa shape index (κ2) is 9.31. The number of aromatic nitrogens is 1. The molecule has 0 fully saturated rings. The van der Waals surface area contributed by atoms with Crippen molar-refractivity contribution >= 4 is 17.4 Å². The van der Waals surface area contributed by atoms with Crippen LogP contribution in [0, 0.1) is 5.95 Å². The van der Waals surface area contributed by atoms with E-state index in [-0.39, 0.29) is 29.4 Å². The Balaban J connectivity index is 1.70. The summed E-state index contributed by atoms with van der Waals surface area (Å²) in [6.45, 7) is 1.81. The number of anilines is 1. The maximum absolute atomic E-state index is 12.9. The molecule has 154 valence electrons. The lowest BCUT2D eigenvalue weighted by atomic mass is 9.98. The largest absolute Gasteiger partial charge is 0.507 e. The van der Waals surface area contributed by atoms with Gasteiger partial charge in [-0.25, -0.2) is 4.98 Å². The van der Waals surface area contributed by atoms with Gasteiger partial charge in [-0.3, -0.25) is 9.59 Å². The highest BCUT2D eigenvalue weighted by Gasteiger charge is 2.13. The molecule has 6 heteroatoms. The smallest absolute Gasteiger partial charge is 0.226 e. The number of phenolic OH excluding ortho intramolecular Hbond substituents is 1. The quantitative estimate of drug-likeness (QED) is 0.453. The van der Waals surface area contributed by atoms with Gasteiger partial charge < -0.3 is 10.0 Å². The van der Waals surface area contributed by atoms with E-state index in [0.717, 1.165) is 22.4 Å². The molecule has 0 saturated heterocycles. The summed E-state index contributed by atoms with van der Waals surface area (Å²) >= 11 is 0. The summed E-state index contributed by atoms with van der Waals surface area (Å²) in [7, 11) is 1.73. The zero-order valence-corrected chi connectivity index (χ0v) is 16.9. The Morgan fingerprint density at radius 1 is 1.03 bits per heavy atom. The molecule has 1 heterocycles. The third-order valence-corrected chi connectivity index (χ3v) is 4.99. The fraction of sp³-hybridized carbons (Fsp3) is 0.208. The molecule has 1 amide bonds. The van der Waals surface area contributed by atoms with E-state index < -0.39 is 5.95 Å². The standard InChI is InChI=1S/C24H23FN2O3/c1-3-24(30)27(2)19-9-6-17(7-10-19)18-8-11-20(22(29)14-18)21(28)12-4-16-5-13-23(25)26-15-16/h5-11,13-15,29H,3-4,12H2,1-2H3. The third kappa shape index (κ3) is 4.89. The van der Waals surface area contributed by atoms with Gasteiger partial charge in [0.15, 0.2) is 5.78 Å². The Kier molecular flexibility index (Phi) is 6.57. The molecule has 1 N–H and O–H groups in total. The normalized spacial score (nSPS) is 10.6. The molecule has 0 radical (unpaired) electrons. The Labute approximate surface area is 174 Å². The van der Waals surface area contributed by atoms with Crippen molar-refractivity contribution in [1.82, 2.24) is 4.98 Å². The van der Waals surface area contributed by atoms with Gasteiger partial charge in [-0.15, -0.1) is 0 Å². The van der Waals surface area contributed by atoms with Gasteiger partial charge in [0.1, 0.15) is 5.75 Å². The number of pyridine rings is 1. The highest BCUT2D eigenvalue weighted by molar-refractivity contribution is 5.99. The molecule has 3 aromatic rings. The lowest BCUT2D eigenvalue weighted by Gasteiger charge is -2.17. The third-order valence-electron chi connectivity index (χ3n) is 4.99. The molecule has 3 rings (SSSR count). The van der Waals surface area contributed by atoms with Crippen LogP contribution < -0.4 is 4.90 Å². The monoisotopic (exact) mass is 406 g/mol. The Morgan fingerprint density at radius 2 is 1.73 bits per heavy atom. The molecule has 30 heavy (non-hydrogen) atoms. The molecule has 0 aliphatic carbocycles. The molecule has 0 unspecified atom stereocenters. The molecule has 1 aromatic heterocycles. The second-order valence-electron chi connectivity index (χ2n) is 7.00. The van der Waals surface area contributed by atoms with E-state index in [9.17, 15) is 19.1 Å². The molecule has 0 aliphatic rings. The van der Waals surface area contributed by atoms with Gasteiger partial charge in [-0.2, -0.15) is 4.39 Å². The van der Waals surface area contributed by atoms with Crippen molar-refractivity contribution in [3.63, 3.8) is 0 Å². The maximum Gasteiger partial charge on any atom is 0.226 e. The number of ketones is 1. The molecular formula is C24H23FN2O3. The lowest BCUT2D eigenvalue weighted by Crippen LogP contribution is -2.24. The van der Waals surface area contributed by atoms with Gasteiger partial charge >= 0.3 is 0 Å². The molecule has 0 aliphatic heterocycles. The zero-order chi connectivity index (χ0) is 21.7. The van der Waals surface area contributed by atoms with Crippen LogP contribution in [0.5, 0.6) is 5.75 Å². The van der Waals surface area contributed by atoms with Crippen molar-refractivity contribution in [2.24, 2.45) is 0 Å². The summed E-state index contributed by atoms with van der Waals surface area (Å²) in [5, 5.41) is 10.4. The van der Waals surface area contributed by atoms with Crippen molar-refractivity contribution in [2.45, 2.75) is 26.2 Å². The van der Waals surface area contributed by atoms with Crippen LogP contribution in [0.2, 0.25) is 0 Å². The number of benzene rings is 2. The summed E-state index contributed by atoms with van der Waals surface area (Å²) in [4.78, 5) is 29.5. The van der Waals surface area contributed by atoms with Crippen molar-refractivity contribution in [3.8, 4) is 16.9 Å². The minimum atomic E-state index is -0.560. The molecule has 5 nitrogen and oxygen atoms in total. The van der Waals surface area contributed by atoms with E-state index in [0.29, 0.717) is 12.8 Å². The van der Waals surface area contributed by atoms with Crippen LogP contribution >= 0.6 is 0 Å². The molecule has 0 spiro atoms. The van der Waals surface area contributed by atoms with Crippen LogP contribution in [0.1, 0.15) is 35.7 Å². The average molecular weight is 406 g/mol. The number of aromatic hydroxyl groups is 1. The number of amides is 1. The first kappa shape index (κ1) is 21.2. The van der Waals surface area contributed by atoms with Crippen LogP contribution in [0.3, 0.4) is 0 Å². The van der Waals surface area contributed by atoms with Gasteiger partial charge in [0.25, 0.3) is 0 Å². The van der Waals surface area contributed by atoms with E-state index in [1.807, 2.05) is 31.2 Å². The number of carbonyl (C=O) groups excluding carboxylic acids is 2. The highest BCUT2D eigenvalue weighted by Crippen LogP contribution is 2.29. The number of nitrogens with zero attached hydrogens (tertiary/aromatic N) is 2. The number of halogens is 1. The van der Waals surface area contributed by atoms with Gasteiger partial charge in [-0.05, 0) is 53.4 Å². The van der Waals surface area contributed by atoms with Gasteiger partial charge in [0.2, 0.25) is 11.9 Å². The van der Waals surface area contributed by atoms with Crippen molar-refractivity contribution in [1.29, 1.82) is 0 Å². The second-order valence-corrected chi connectivity index (χ2v) is 7.00. The topological polar surface area (TPSA) is 70.5 Å². The molecule has 0 saturated carbocycles. The van der Waals surface area contributed by atoms with Crippen LogP contribution in [-0.4, -0.2) is 28.8 Å². The van der Waals surface area contributed by atoms with Gasteiger partial charge in [0, 0.05) is 31.8 Å². The molecule has 0 bridgehead atoms. The minimum absolute atomic E-state index is 0.0275. The summed E-state index contributed by atoms with van der Waals surface area (Å²) in [5.74, 6) is -0.815. The summed E-state index contributed by atoms with van der Waals surface area (Å²) in [6.07, 6.45) is 2.44. The number of hydrogen-bond acceptors (Lipinski definition) is 4. The number of carbonyl (C=O) groups is 2. The molecule has 2 aromatic carbocycles. The van der Waals surface area contributed by atoms with E-state index in [1.165, 1.54) is 12.3 Å². The predicted octanol–water partition coefficient (Wildman–Crippen LogP) is 4.78. The van der Waals surface area contributed by atoms with Crippen molar-refractivity contribution in [2.75, 3.05) is 11.9 Å². The molecular weight excluding hydrogens is 383 g/mol. The minimum Gasteiger partial charge on any atom is -0.507 e. The number of aryl methyl sites for hydroxylation is 1. The van der Waals surface area contributed by atoms with Gasteiger partial charge in [0.05, 0.1) is 5.56 Å². The van der Waals surface area contributed by atoms with Crippen LogP contribution in [-0.2, 0) is 11.2 Å².